The van der Waals surface area contributed by atoms with E-state index in [2.05, 4.69) is 16.1 Å². The maximum Gasteiger partial charge on any atom is 0.317 e. The Balaban J connectivity index is 2.58. The van der Waals surface area contributed by atoms with Gasteiger partial charge in [-0.1, -0.05) is 18.0 Å². The van der Waals surface area contributed by atoms with Gasteiger partial charge in [0.05, 0.1) is 19.6 Å². The second kappa shape index (κ2) is 6.66. The van der Waals surface area contributed by atoms with Gasteiger partial charge in [0, 0.05) is 6.42 Å². The Morgan fingerprint density at radius 3 is 3.00 bits per heavy atom. The lowest BCUT2D eigenvalue weighted by molar-refractivity contribution is -0.138. The number of nitrogens with zero attached hydrogens (tertiary/aromatic N) is 3. The lowest BCUT2D eigenvalue weighted by Crippen LogP contribution is -2.29. The van der Waals surface area contributed by atoms with Crippen LogP contribution in [-0.4, -0.2) is 39.2 Å². The third-order valence-electron chi connectivity index (χ3n) is 2.02. The van der Waals surface area contributed by atoms with Crippen LogP contribution in [-0.2, 0) is 17.8 Å². The zero-order chi connectivity index (χ0) is 12.7. The number of carboxylic acids is 1. The van der Waals surface area contributed by atoms with Crippen molar-refractivity contribution in [1.82, 2.24) is 15.0 Å². The van der Waals surface area contributed by atoms with Gasteiger partial charge in [0.15, 0.2) is 5.82 Å². The lowest BCUT2D eigenvalue weighted by atomic mass is 10.3. The second-order valence-electron chi connectivity index (χ2n) is 3.60. The minimum atomic E-state index is -0.937. The molecular formula is C11H15N3O3. The highest BCUT2D eigenvalue weighted by atomic mass is 16.5. The molecule has 0 spiro atoms. The highest BCUT2D eigenvalue weighted by molar-refractivity contribution is 5.69. The van der Waals surface area contributed by atoms with Gasteiger partial charge >= 0.3 is 5.97 Å². The number of hydrogen-bond donors (Lipinski definition) is 1. The Morgan fingerprint density at radius 1 is 1.65 bits per heavy atom. The van der Waals surface area contributed by atoms with Gasteiger partial charge in [0.25, 0.3) is 0 Å². The molecule has 0 saturated carbocycles. The lowest BCUT2D eigenvalue weighted by Gasteiger charge is -2.13. The average Bonchev–Trinajstić information content (AvgIpc) is 2.65. The predicted octanol–water partition coefficient (Wildman–Crippen LogP) is 0.542. The summed E-state index contributed by atoms with van der Waals surface area (Å²) in [5, 5.41) is 12.5. The summed E-state index contributed by atoms with van der Waals surface area (Å²) in [5.41, 5.74) is 0. The molecule has 0 aromatic carbocycles. The summed E-state index contributed by atoms with van der Waals surface area (Å²) in [7, 11) is 0. The van der Waals surface area contributed by atoms with Gasteiger partial charge < -0.3 is 9.63 Å². The topological polar surface area (TPSA) is 79.5 Å². The van der Waals surface area contributed by atoms with Crippen LogP contribution in [0.5, 0.6) is 0 Å². The van der Waals surface area contributed by atoms with Crippen molar-refractivity contribution in [3.63, 3.8) is 0 Å². The average molecular weight is 237 g/mol. The summed E-state index contributed by atoms with van der Waals surface area (Å²) >= 11 is 0. The standard InChI is InChI=1S/C11H15N3O3/c1-3-5-9-12-10(17-13-9)7-14(6-4-2)8-11(15)16/h2H,3,5-8H2,1H3,(H,15,16). The summed E-state index contributed by atoms with van der Waals surface area (Å²) in [6.45, 7) is 2.37. The number of terminal acetylenes is 1. The van der Waals surface area contributed by atoms with Crippen LogP contribution in [0.2, 0.25) is 0 Å². The van der Waals surface area contributed by atoms with E-state index in [1.807, 2.05) is 6.92 Å². The zero-order valence-electron chi connectivity index (χ0n) is 9.72. The summed E-state index contributed by atoms with van der Waals surface area (Å²) in [5.74, 6) is 2.49. The molecule has 0 saturated heterocycles. The van der Waals surface area contributed by atoms with Crippen LogP contribution in [0.25, 0.3) is 0 Å². The summed E-state index contributed by atoms with van der Waals surface area (Å²) in [6, 6.07) is 0. The van der Waals surface area contributed by atoms with E-state index in [1.165, 1.54) is 0 Å². The Kier molecular flexibility index (Phi) is 5.17. The van der Waals surface area contributed by atoms with Crippen molar-refractivity contribution >= 4 is 5.97 Å². The SMILES string of the molecule is C#CCN(CC(=O)O)Cc1nc(CCC)no1. The molecule has 0 amide bonds. The van der Waals surface area contributed by atoms with Crippen molar-refractivity contribution in [3.8, 4) is 12.3 Å². The van der Waals surface area contributed by atoms with E-state index in [4.69, 9.17) is 16.1 Å². The fourth-order valence-corrected chi connectivity index (χ4v) is 1.36. The molecule has 1 aromatic heterocycles. The molecule has 1 heterocycles. The van der Waals surface area contributed by atoms with Gasteiger partial charge in [-0.05, 0) is 6.42 Å². The predicted molar refractivity (Wildman–Crippen MR) is 60.0 cm³/mol. The first kappa shape index (κ1) is 13.2. The number of hydrogen-bond acceptors (Lipinski definition) is 5. The van der Waals surface area contributed by atoms with Crippen molar-refractivity contribution in [2.24, 2.45) is 0 Å². The number of carbonyl (C=O) groups is 1. The van der Waals surface area contributed by atoms with Gasteiger partial charge in [-0.15, -0.1) is 6.42 Å². The Bertz CT molecular complexity index is 408. The van der Waals surface area contributed by atoms with Crippen molar-refractivity contribution in [2.45, 2.75) is 26.3 Å². The van der Waals surface area contributed by atoms with Crippen LogP contribution in [0, 0.1) is 12.3 Å². The quantitative estimate of drug-likeness (QED) is 0.697. The first-order valence-corrected chi connectivity index (χ1v) is 5.34. The smallest absolute Gasteiger partial charge is 0.317 e. The van der Waals surface area contributed by atoms with E-state index in [9.17, 15) is 4.79 Å². The van der Waals surface area contributed by atoms with E-state index in [0.717, 1.165) is 12.8 Å². The fourth-order valence-electron chi connectivity index (χ4n) is 1.36. The molecular weight excluding hydrogens is 222 g/mol. The maximum atomic E-state index is 10.6. The minimum Gasteiger partial charge on any atom is -0.480 e. The molecule has 6 nitrogen and oxygen atoms in total. The number of carboxylic acid groups (broad SMARTS) is 1. The van der Waals surface area contributed by atoms with E-state index < -0.39 is 5.97 Å². The van der Waals surface area contributed by atoms with Crippen LogP contribution >= 0.6 is 0 Å². The van der Waals surface area contributed by atoms with Gasteiger partial charge in [0.1, 0.15) is 0 Å². The highest BCUT2D eigenvalue weighted by Gasteiger charge is 2.13. The first-order chi connectivity index (χ1) is 8.15. The largest absolute Gasteiger partial charge is 0.480 e. The summed E-state index contributed by atoms with van der Waals surface area (Å²) in [6.07, 6.45) is 6.84. The summed E-state index contributed by atoms with van der Waals surface area (Å²) in [4.78, 5) is 16.3. The van der Waals surface area contributed by atoms with Crippen molar-refractivity contribution in [3.05, 3.63) is 11.7 Å². The molecule has 17 heavy (non-hydrogen) atoms. The Labute approximate surface area is 99.6 Å². The van der Waals surface area contributed by atoms with Gasteiger partial charge in [-0.25, -0.2) is 0 Å². The molecule has 6 heteroatoms. The van der Waals surface area contributed by atoms with Crippen LogP contribution in [0.4, 0.5) is 0 Å². The van der Waals surface area contributed by atoms with Crippen molar-refractivity contribution in [1.29, 1.82) is 0 Å². The molecule has 0 radical (unpaired) electrons. The Hall–Kier alpha value is -1.87. The van der Waals surface area contributed by atoms with Crippen molar-refractivity contribution in [2.75, 3.05) is 13.1 Å². The van der Waals surface area contributed by atoms with E-state index in [1.54, 1.807) is 4.90 Å². The number of aromatic nitrogens is 2. The minimum absolute atomic E-state index is 0.143. The van der Waals surface area contributed by atoms with Gasteiger partial charge in [-0.3, -0.25) is 9.69 Å². The van der Waals surface area contributed by atoms with Crippen LogP contribution < -0.4 is 0 Å². The van der Waals surface area contributed by atoms with Crippen molar-refractivity contribution < 1.29 is 14.4 Å². The third kappa shape index (κ3) is 4.66. The maximum absolute atomic E-state index is 10.6. The van der Waals surface area contributed by atoms with Crippen LogP contribution in [0.3, 0.4) is 0 Å². The van der Waals surface area contributed by atoms with Crippen LogP contribution in [0.15, 0.2) is 4.52 Å². The first-order valence-electron chi connectivity index (χ1n) is 5.34. The molecule has 0 aliphatic heterocycles. The number of aliphatic carboxylic acids is 1. The summed E-state index contributed by atoms with van der Waals surface area (Å²) < 4.78 is 5.01. The molecule has 0 bridgehead atoms. The molecule has 1 rings (SSSR count). The molecule has 0 atom stereocenters. The molecule has 0 aliphatic carbocycles. The third-order valence-corrected chi connectivity index (χ3v) is 2.02. The van der Waals surface area contributed by atoms with Gasteiger partial charge in [-0.2, -0.15) is 4.98 Å². The zero-order valence-corrected chi connectivity index (χ0v) is 9.72. The molecule has 0 fully saturated rings. The number of rotatable bonds is 7. The van der Waals surface area contributed by atoms with E-state index >= 15 is 0 Å². The molecule has 0 unspecified atom stereocenters. The second-order valence-corrected chi connectivity index (χ2v) is 3.60. The number of aryl methyl sites for hydroxylation is 1. The molecule has 0 aliphatic rings. The molecule has 1 N–H and O–H groups in total. The molecule has 92 valence electrons. The Morgan fingerprint density at radius 2 is 2.41 bits per heavy atom. The van der Waals surface area contributed by atoms with E-state index in [-0.39, 0.29) is 19.6 Å². The van der Waals surface area contributed by atoms with E-state index in [0.29, 0.717) is 11.7 Å². The normalized spacial score (nSPS) is 10.4. The fraction of sp³-hybridized carbons (Fsp3) is 0.545. The molecule has 1 aromatic rings. The van der Waals surface area contributed by atoms with Gasteiger partial charge in [0.2, 0.25) is 5.89 Å². The highest BCUT2D eigenvalue weighted by Crippen LogP contribution is 2.04. The van der Waals surface area contributed by atoms with Crippen LogP contribution in [0.1, 0.15) is 25.1 Å². The monoisotopic (exact) mass is 237 g/mol.